The summed E-state index contributed by atoms with van der Waals surface area (Å²) >= 11 is 0. The molecule has 0 bridgehead atoms. The summed E-state index contributed by atoms with van der Waals surface area (Å²) in [5.74, 6) is 1.20. The molecule has 1 saturated heterocycles. The minimum atomic E-state index is -0.107. The number of halogens is 1. The van der Waals surface area contributed by atoms with Crippen LogP contribution < -0.4 is 15.4 Å². The minimum absolute atomic E-state index is 0. The van der Waals surface area contributed by atoms with Gasteiger partial charge < -0.3 is 24.8 Å². The summed E-state index contributed by atoms with van der Waals surface area (Å²) in [6, 6.07) is 7.31. The maximum Gasteiger partial charge on any atom is 0.255 e. The first-order chi connectivity index (χ1) is 13.1. The Morgan fingerprint density at radius 2 is 2.04 bits per heavy atom. The molecule has 0 aliphatic carbocycles. The minimum Gasteiger partial charge on any atom is -0.488 e. The van der Waals surface area contributed by atoms with Crippen molar-refractivity contribution >= 4 is 18.3 Å². The van der Waals surface area contributed by atoms with E-state index in [9.17, 15) is 4.79 Å². The average molecular weight is 409 g/mol. The van der Waals surface area contributed by atoms with Crippen LogP contribution in [-0.4, -0.2) is 55.2 Å². The Hall–Kier alpha value is -2.09. The highest BCUT2D eigenvalue weighted by Gasteiger charge is 2.15. The lowest BCUT2D eigenvalue weighted by Gasteiger charge is -2.27. The van der Waals surface area contributed by atoms with Crippen molar-refractivity contribution < 1.29 is 14.1 Å². The molecule has 2 heterocycles. The molecule has 28 heavy (non-hydrogen) atoms. The second-order valence-electron chi connectivity index (χ2n) is 6.79. The first-order valence-corrected chi connectivity index (χ1v) is 9.50. The highest BCUT2D eigenvalue weighted by Crippen LogP contribution is 2.21. The Morgan fingerprint density at radius 1 is 1.29 bits per heavy atom. The molecule has 0 radical (unpaired) electrons. The molecule has 0 atom stereocenters. The Bertz CT molecular complexity index is 740. The number of carbonyl (C=O) groups is 1. The van der Waals surface area contributed by atoms with Crippen molar-refractivity contribution in [3.63, 3.8) is 0 Å². The first-order valence-electron chi connectivity index (χ1n) is 9.50. The number of benzene rings is 1. The molecule has 3 rings (SSSR count). The fourth-order valence-corrected chi connectivity index (χ4v) is 3.17. The molecular formula is C20H29ClN4O3. The van der Waals surface area contributed by atoms with Crippen LogP contribution in [0.2, 0.25) is 0 Å². The van der Waals surface area contributed by atoms with Crippen molar-refractivity contribution in [2.75, 3.05) is 39.3 Å². The Labute approximate surface area is 172 Å². The number of hydrogen-bond donors (Lipinski definition) is 2. The molecule has 8 heteroatoms. The highest BCUT2D eigenvalue weighted by atomic mass is 35.5. The molecule has 154 valence electrons. The zero-order chi connectivity index (χ0) is 19.1. The third kappa shape index (κ3) is 5.95. The summed E-state index contributed by atoms with van der Waals surface area (Å²) in [6.45, 7) is 9.96. The summed E-state index contributed by atoms with van der Waals surface area (Å²) in [7, 11) is 0. The Balaban J connectivity index is 0.00000280. The van der Waals surface area contributed by atoms with Crippen LogP contribution in [0.5, 0.6) is 5.75 Å². The quantitative estimate of drug-likeness (QED) is 0.652. The Morgan fingerprint density at radius 3 is 2.75 bits per heavy atom. The second-order valence-corrected chi connectivity index (χ2v) is 6.79. The van der Waals surface area contributed by atoms with E-state index in [4.69, 9.17) is 9.26 Å². The zero-order valence-electron chi connectivity index (χ0n) is 16.5. The van der Waals surface area contributed by atoms with Crippen LogP contribution in [0.25, 0.3) is 0 Å². The van der Waals surface area contributed by atoms with Gasteiger partial charge in [0.25, 0.3) is 5.91 Å². The van der Waals surface area contributed by atoms with E-state index in [0.717, 1.165) is 56.2 Å². The van der Waals surface area contributed by atoms with Crippen molar-refractivity contribution in [2.45, 2.75) is 26.9 Å². The van der Waals surface area contributed by atoms with Crippen LogP contribution in [0.4, 0.5) is 0 Å². The molecule has 1 aliphatic rings. The largest absolute Gasteiger partial charge is 0.488 e. The van der Waals surface area contributed by atoms with Crippen molar-refractivity contribution in [1.29, 1.82) is 0 Å². The van der Waals surface area contributed by atoms with Gasteiger partial charge in [0.15, 0.2) is 0 Å². The van der Waals surface area contributed by atoms with Gasteiger partial charge in [-0.05, 0) is 38.9 Å². The molecule has 7 nitrogen and oxygen atoms in total. The van der Waals surface area contributed by atoms with E-state index in [0.29, 0.717) is 24.5 Å². The fraction of sp³-hybridized carbons (Fsp3) is 0.500. The highest BCUT2D eigenvalue weighted by molar-refractivity contribution is 5.96. The molecule has 0 spiro atoms. The lowest BCUT2D eigenvalue weighted by molar-refractivity contribution is 0.0946. The van der Waals surface area contributed by atoms with Gasteiger partial charge in [0.05, 0.1) is 16.8 Å². The van der Waals surface area contributed by atoms with Crippen LogP contribution in [0.15, 0.2) is 28.8 Å². The number of piperazine rings is 1. The van der Waals surface area contributed by atoms with Gasteiger partial charge in [-0.3, -0.25) is 4.79 Å². The van der Waals surface area contributed by atoms with Gasteiger partial charge >= 0.3 is 0 Å². The molecule has 1 aliphatic heterocycles. The van der Waals surface area contributed by atoms with Gasteiger partial charge in [0, 0.05) is 32.7 Å². The van der Waals surface area contributed by atoms with Crippen LogP contribution in [0.1, 0.15) is 33.8 Å². The standard InChI is InChI=1S/C20H28N4O3.ClH/c1-15-18(16(2)27-23-15)14-26-19-7-4-3-6-17(19)20(25)22-8-5-11-24-12-9-21-10-13-24;/h3-4,6-7,21H,5,8-14H2,1-2H3,(H,22,25);1H. The van der Waals surface area contributed by atoms with E-state index < -0.39 is 0 Å². The third-order valence-corrected chi connectivity index (χ3v) is 4.83. The van der Waals surface area contributed by atoms with E-state index in [1.54, 1.807) is 6.07 Å². The Kier molecular flexibility index (Phi) is 8.76. The van der Waals surface area contributed by atoms with E-state index in [2.05, 4.69) is 20.7 Å². The van der Waals surface area contributed by atoms with E-state index in [1.807, 2.05) is 32.0 Å². The maximum atomic E-state index is 12.6. The van der Waals surface area contributed by atoms with E-state index in [1.165, 1.54) is 0 Å². The van der Waals surface area contributed by atoms with Crippen molar-refractivity contribution in [2.24, 2.45) is 0 Å². The number of para-hydroxylation sites is 1. The van der Waals surface area contributed by atoms with Crippen molar-refractivity contribution in [3.8, 4) is 5.75 Å². The average Bonchev–Trinajstić information content (AvgIpc) is 3.02. The smallest absolute Gasteiger partial charge is 0.255 e. The number of amides is 1. The fourth-order valence-electron chi connectivity index (χ4n) is 3.17. The molecule has 2 aromatic rings. The number of nitrogens with zero attached hydrogens (tertiary/aromatic N) is 2. The number of hydrogen-bond acceptors (Lipinski definition) is 6. The number of nitrogens with one attached hydrogen (secondary N) is 2. The molecular weight excluding hydrogens is 380 g/mol. The molecule has 2 N–H and O–H groups in total. The zero-order valence-corrected chi connectivity index (χ0v) is 17.3. The first kappa shape index (κ1) is 22.2. The van der Waals surface area contributed by atoms with E-state index >= 15 is 0 Å². The van der Waals surface area contributed by atoms with Gasteiger partial charge in [-0.2, -0.15) is 0 Å². The summed E-state index contributed by atoms with van der Waals surface area (Å²) in [5, 5.41) is 10.3. The van der Waals surface area contributed by atoms with Gasteiger partial charge in [-0.1, -0.05) is 17.3 Å². The molecule has 1 aromatic carbocycles. The SMILES string of the molecule is Cc1noc(C)c1COc1ccccc1C(=O)NCCCN1CCNCC1.Cl. The number of rotatable bonds is 8. The van der Waals surface area contributed by atoms with Crippen molar-refractivity contribution in [1.82, 2.24) is 20.7 Å². The maximum absolute atomic E-state index is 12.6. The van der Waals surface area contributed by atoms with Crippen LogP contribution in [-0.2, 0) is 6.61 Å². The summed E-state index contributed by atoms with van der Waals surface area (Å²) in [4.78, 5) is 15.0. The number of aryl methyl sites for hydroxylation is 2. The predicted molar refractivity (Wildman–Crippen MR) is 110 cm³/mol. The lowest BCUT2D eigenvalue weighted by atomic mass is 10.1. The van der Waals surface area contributed by atoms with Crippen LogP contribution in [0, 0.1) is 13.8 Å². The second kappa shape index (κ2) is 11.0. The van der Waals surface area contributed by atoms with Gasteiger partial charge in [-0.15, -0.1) is 12.4 Å². The van der Waals surface area contributed by atoms with Gasteiger partial charge in [-0.25, -0.2) is 0 Å². The summed E-state index contributed by atoms with van der Waals surface area (Å²) in [6.07, 6.45) is 0.938. The molecule has 1 amide bonds. The predicted octanol–water partition coefficient (Wildman–Crippen LogP) is 2.32. The molecule has 0 saturated carbocycles. The summed E-state index contributed by atoms with van der Waals surface area (Å²) < 4.78 is 11.0. The molecule has 0 unspecified atom stereocenters. The normalized spacial score (nSPS) is 14.4. The molecule has 1 aromatic heterocycles. The van der Waals surface area contributed by atoms with Gasteiger partial charge in [0.1, 0.15) is 18.1 Å². The lowest BCUT2D eigenvalue weighted by Crippen LogP contribution is -2.44. The molecule has 1 fully saturated rings. The number of carbonyl (C=O) groups excluding carboxylic acids is 1. The monoisotopic (exact) mass is 408 g/mol. The summed E-state index contributed by atoms with van der Waals surface area (Å²) in [5.41, 5.74) is 2.27. The van der Waals surface area contributed by atoms with E-state index in [-0.39, 0.29) is 18.3 Å². The topological polar surface area (TPSA) is 79.6 Å². The third-order valence-electron chi connectivity index (χ3n) is 4.83. The number of aromatic nitrogens is 1. The van der Waals surface area contributed by atoms with Crippen LogP contribution in [0.3, 0.4) is 0 Å². The van der Waals surface area contributed by atoms with Crippen LogP contribution >= 0.6 is 12.4 Å². The van der Waals surface area contributed by atoms with Gasteiger partial charge in [0.2, 0.25) is 0 Å². The number of ether oxygens (including phenoxy) is 1. The van der Waals surface area contributed by atoms with Crippen molar-refractivity contribution in [3.05, 3.63) is 46.8 Å².